The van der Waals surface area contributed by atoms with Gasteiger partial charge < -0.3 is 15.8 Å². The number of benzene rings is 2. The maximum absolute atomic E-state index is 13.1. The molecule has 100 valence electrons. The average molecular weight is 264 g/mol. The average Bonchev–Trinajstić information content (AvgIpc) is 2.39. The van der Waals surface area contributed by atoms with Crippen molar-refractivity contribution in [3.8, 4) is 5.75 Å². The molecule has 0 radical (unpaired) electrons. The Kier molecular flexibility index (Phi) is 3.85. The van der Waals surface area contributed by atoms with Crippen molar-refractivity contribution in [1.29, 1.82) is 0 Å². The number of hydrogen-bond donors (Lipinski definition) is 2. The molecule has 19 heavy (non-hydrogen) atoms. The number of anilines is 3. The lowest BCUT2D eigenvalue weighted by Gasteiger charge is -2.13. The number of halogens is 2. The number of para-hydroxylation sites is 1. The van der Waals surface area contributed by atoms with Crippen LogP contribution in [0, 0.1) is 11.6 Å². The van der Waals surface area contributed by atoms with Gasteiger partial charge in [-0.25, -0.2) is 8.78 Å². The fourth-order valence-electron chi connectivity index (χ4n) is 1.66. The van der Waals surface area contributed by atoms with E-state index >= 15 is 0 Å². The van der Waals surface area contributed by atoms with Crippen LogP contribution in [0.15, 0.2) is 36.4 Å². The van der Waals surface area contributed by atoms with Crippen LogP contribution in [0.3, 0.4) is 0 Å². The zero-order chi connectivity index (χ0) is 13.8. The molecule has 0 saturated carbocycles. The van der Waals surface area contributed by atoms with Crippen LogP contribution in [0.1, 0.15) is 6.92 Å². The van der Waals surface area contributed by atoms with E-state index in [-0.39, 0.29) is 0 Å². The molecule has 0 amide bonds. The molecule has 0 unspecified atom stereocenters. The minimum Gasteiger partial charge on any atom is -0.492 e. The van der Waals surface area contributed by atoms with Gasteiger partial charge in [-0.2, -0.15) is 0 Å². The van der Waals surface area contributed by atoms with E-state index in [1.54, 1.807) is 18.2 Å². The van der Waals surface area contributed by atoms with Crippen LogP contribution < -0.4 is 15.8 Å². The largest absolute Gasteiger partial charge is 0.492 e. The molecule has 3 nitrogen and oxygen atoms in total. The number of hydrogen-bond acceptors (Lipinski definition) is 3. The number of nitrogens with one attached hydrogen (secondary N) is 1. The molecule has 0 atom stereocenters. The molecule has 0 aromatic heterocycles. The van der Waals surface area contributed by atoms with Crippen LogP contribution in [0.25, 0.3) is 0 Å². The highest BCUT2D eigenvalue weighted by atomic mass is 19.2. The summed E-state index contributed by atoms with van der Waals surface area (Å²) in [6.07, 6.45) is 0. The minimum atomic E-state index is -0.912. The second-order valence-corrected chi connectivity index (χ2v) is 3.90. The molecule has 0 spiro atoms. The van der Waals surface area contributed by atoms with Crippen molar-refractivity contribution in [2.24, 2.45) is 0 Å². The van der Waals surface area contributed by atoms with Crippen molar-refractivity contribution in [3.63, 3.8) is 0 Å². The van der Waals surface area contributed by atoms with E-state index in [1.807, 2.05) is 6.92 Å². The highest BCUT2D eigenvalue weighted by molar-refractivity contribution is 5.77. The summed E-state index contributed by atoms with van der Waals surface area (Å²) < 4.78 is 31.3. The first-order valence-electron chi connectivity index (χ1n) is 5.85. The van der Waals surface area contributed by atoms with Gasteiger partial charge >= 0.3 is 0 Å². The van der Waals surface area contributed by atoms with Gasteiger partial charge in [-0.1, -0.05) is 6.07 Å². The first kappa shape index (κ1) is 13.1. The molecule has 5 heteroatoms. The Morgan fingerprint density at radius 2 is 1.95 bits per heavy atom. The molecular weight excluding hydrogens is 250 g/mol. The molecule has 3 N–H and O–H groups in total. The Bertz CT molecular complexity index is 588. The van der Waals surface area contributed by atoms with Crippen LogP contribution in [0.4, 0.5) is 25.8 Å². The molecule has 0 aliphatic heterocycles. The lowest BCUT2D eigenvalue weighted by Crippen LogP contribution is -2.01. The zero-order valence-electron chi connectivity index (χ0n) is 10.4. The minimum absolute atomic E-state index is 0.416. The third kappa shape index (κ3) is 2.93. The lowest BCUT2D eigenvalue weighted by molar-refractivity contribution is 0.342. The van der Waals surface area contributed by atoms with Crippen molar-refractivity contribution < 1.29 is 13.5 Å². The zero-order valence-corrected chi connectivity index (χ0v) is 10.4. The summed E-state index contributed by atoms with van der Waals surface area (Å²) in [5.74, 6) is -1.25. The molecule has 0 fully saturated rings. The molecule has 0 aliphatic rings. The van der Waals surface area contributed by atoms with Gasteiger partial charge in [-0.3, -0.25) is 0 Å². The van der Waals surface area contributed by atoms with Crippen molar-refractivity contribution in [2.75, 3.05) is 17.7 Å². The number of nitrogens with two attached hydrogens (primary N) is 1. The Labute approximate surface area is 110 Å². The monoisotopic (exact) mass is 264 g/mol. The SMILES string of the molecule is CCOc1cccc(Nc2ccc(F)c(F)c2)c1N. The molecule has 2 aromatic carbocycles. The van der Waals surface area contributed by atoms with Crippen molar-refractivity contribution in [3.05, 3.63) is 48.0 Å². The number of ether oxygens (including phenoxy) is 1. The summed E-state index contributed by atoms with van der Waals surface area (Å²) in [4.78, 5) is 0. The Hall–Kier alpha value is -2.30. The van der Waals surface area contributed by atoms with Gasteiger partial charge in [0.1, 0.15) is 5.75 Å². The van der Waals surface area contributed by atoms with Gasteiger partial charge in [-0.15, -0.1) is 0 Å². The van der Waals surface area contributed by atoms with Crippen LogP contribution in [0.2, 0.25) is 0 Å². The smallest absolute Gasteiger partial charge is 0.160 e. The third-order valence-electron chi connectivity index (χ3n) is 2.56. The van der Waals surface area contributed by atoms with E-state index in [4.69, 9.17) is 10.5 Å². The van der Waals surface area contributed by atoms with Gasteiger partial charge in [0.15, 0.2) is 11.6 Å². The first-order chi connectivity index (χ1) is 9.11. The van der Waals surface area contributed by atoms with Crippen molar-refractivity contribution in [1.82, 2.24) is 0 Å². The van der Waals surface area contributed by atoms with Gasteiger partial charge in [-0.05, 0) is 31.2 Å². The molecule has 0 saturated heterocycles. The summed E-state index contributed by atoms with van der Waals surface area (Å²) in [6, 6.07) is 8.81. The van der Waals surface area contributed by atoms with Gasteiger partial charge in [0.25, 0.3) is 0 Å². The van der Waals surface area contributed by atoms with E-state index in [0.717, 1.165) is 12.1 Å². The predicted octanol–water partition coefficient (Wildman–Crippen LogP) is 3.69. The standard InChI is InChI=1S/C14H14F2N2O/c1-2-19-13-5-3-4-12(14(13)17)18-9-6-7-10(15)11(16)8-9/h3-8,18H,2,17H2,1H3. The summed E-state index contributed by atoms with van der Waals surface area (Å²) in [5, 5.41) is 2.93. The predicted molar refractivity (Wildman–Crippen MR) is 71.7 cm³/mol. The summed E-state index contributed by atoms with van der Waals surface area (Å²) >= 11 is 0. The summed E-state index contributed by atoms with van der Waals surface area (Å²) in [5.41, 5.74) is 7.35. The summed E-state index contributed by atoms with van der Waals surface area (Å²) in [7, 11) is 0. The maximum Gasteiger partial charge on any atom is 0.160 e. The van der Waals surface area contributed by atoms with E-state index in [1.165, 1.54) is 6.07 Å². The van der Waals surface area contributed by atoms with E-state index in [2.05, 4.69) is 5.32 Å². The molecule has 0 bridgehead atoms. The fraction of sp³-hybridized carbons (Fsp3) is 0.143. The molecule has 2 aromatic rings. The number of nitrogen functional groups attached to an aromatic ring is 1. The topological polar surface area (TPSA) is 47.3 Å². The Morgan fingerprint density at radius 1 is 1.16 bits per heavy atom. The normalized spacial score (nSPS) is 10.3. The van der Waals surface area contributed by atoms with Crippen LogP contribution in [-0.2, 0) is 0 Å². The highest BCUT2D eigenvalue weighted by Gasteiger charge is 2.07. The molecular formula is C14H14F2N2O. The maximum atomic E-state index is 13.1. The second kappa shape index (κ2) is 5.56. The van der Waals surface area contributed by atoms with Crippen molar-refractivity contribution >= 4 is 17.1 Å². The lowest BCUT2D eigenvalue weighted by atomic mass is 10.2. The second-order valence-electron chi connectivity index (χ2n) is 3.90. The number of rotatable bonds is 4. The van der Waals surface area contributed by atoms with Crippen LogP contribution in [-0.4, -0.2) is 6.61 Å². The van der Waals surface area contributed by atoms with Crippen LogP contribution >= 0.6 is 0 Å². The van der Waals surface area contributed by atoms with E-state index in [0.29, 0.717) is 29.4 Å². The van der Waals surface area contributed by atoms with Gasteiger partial charge in [0.2, 0.25) is 0 Å². The first-order valence-corrected chi connectivity index (χ1v) is 5.85. The van der Waals surface area contributed by atoms with Gasteiger partial charge in [0, 0.05) is 11.8 Å². The highest BCUT2D eigenvalue weighted by Crippen LogP contribution is 2.31. The fourth-order valence-corrected chi connectivity index (χ4v) is 1.66. The van der Waals surface area contributed by atoms with E-state index in [9.17, 15) is 8.78 Å². The quantitative estimate of drug-likeness (QED) is 0.828. The van der Waals surface area contributed by atoms with E-state index < -0.39 is 11.6 Å². The van der Waals surface area contributed by atoms with Crippen molar-refractivity contribution in [2.45, 2.75) is 6.92 Å². The van der Waals surface area contributed by atoms with Crippen LogP contribution in [0.5, 0.6) is 5.75 Å². The summed E-state index contributed by atoms with van der Waals surface area (Å²) in [6.45, 7) is 2.35. The molecule has 2 rings (SSSR count). The Balaban J connectivity index is 2.27. The Morgan fingerprint density at radius 3 is 2.63 bits per heavy atom. The molecule has 0 heterocycles. The third-order valence-corrected chi connectivity index (χ3v) is 2.56. The molecule has 0 aliphatic carbocycles. The van der Waals surface area contributed by atoms with Gasteiger partial charge in [0.05, 0.1) is 18.0 Å².